The monoisotopic (exact) mass is 270 g/mol. The van der Waals surface area contributed by atoms with Crippen LogP contribution in [-0.4, -0.2) is 12.5 Å². The highest BCUT2D eigenvalue weighted by molar-refractivity contribution is 6.07. The molecule has 0 aromatic heterocycles. The molecule has 2 aromatic carbocycles. The lowest BCUT2D eigenvalue weighted by molar-refractivity contribution is 0.102. The van der Waals surface area contributed by atoms with Crippen LogP contribution in [0.25, 0.3) is 0 Å². The van der Waals surface area contributed by atoms with E-state index in [0.29, 0.717) is 23.5 Å². The Morgan fingerprint density at radius 1 is 1.20 bits per heavy atom. The summed E-state index contributed by atoms with van der Waals surface area (Å²) in [5.74, 6) is 0.566. The fourth-order valence-corrected chi connectivity index (χ4v) is 1.87. The van der Waals surface area contributed by atoms with Crippen molar-refractivity contribution in [2.24, 2.45) is 0 Å². The summed E-state index contributed by atoms with van der Waals surface area (Å²) >= 11 is 0. The molecule has 0 spiro atoms. The van der Waals surface area contributed by atoms with Gasteiger partial charge >= 0.3 is 0 Å². The third-order valence-electron chi connectivity index (χ3n) is 2.88. The largest absolute Gasteiger partial charge is 0.494 e. The van der Waals surface area contributed by atoms with Gasteiger partial charge in [-0.15, -0.1) is 0 Å². The van der Waals surface area contributed by atoms with Crippen LogP contribution in [0, 0.1) is 6.92 Å². The predicted molar refractivity (Wildman–Crippen MR) is 81.2 cm³/mol. The fourth-order valence-electron chi connectivity index (χ4n) is 1.87. The maximum atomic E-state index is 12.2. The van der Waals surface area contributed by atoms with Crippen LogP contribution in [0.1, 0.15) is 22.8 Å². The molecule has 0 aliphatic carbocycles. The fraction of sp³-hybridized carbons (Fsp3) is 0.188. The zero-order valence-electron chi connectivity index (χ0n) is 11.6. The number of nitrogens with two attached hydrogens (primary N) is 1. The van der Waals surface area contributed by atoms with Gasteiger partial charge in [-0.1, -0.05) is 11.6 Å². The predicted octanol–water partition coefficient (Wildman–Crippen LogP) is 3.23. The van der Waals surface area contributed by atoms with Crippen LogP contribution in [0.2, 0.25) is 0 Å². The van der Waals surface area contributed by atoms with E-state index in [2.05, 4.69) is 5.32 Å². The van der Waals surface area contributed by atoms with Crippen LogP contribution in [-0.2, 0) is 0 Å². The first-order chi connectivity index (χ1) is 9.60. The third-order valence-corrected chi connectivity index (χ3v) is 2.88. The number of nitrogen functional groups attached to an aromatic ring is 1. The second-order valence-corrected chi connectivity index (χ2v) is 4.50. The molecular formula is C16H18N2O2. The molecule has 0 atom stereocenters. The molecule has 2 aromatic rings. The van der Waals surface area contributed by atoms with E-state index in [9.17, 15) is 4.79 Å². The number of rotatable bonds is 4. The van der Waals surface area contributed by atoms with E-state index in [0.717, 1.165) is 11.3 Å². The third kappa shape index (κ3) is 3.29. The van der Waals surface area contributed by atoms with Crippen LogP contribution in [0.3, 0.4) is 0 Å². The van der Waals surface area contributed by atoms with Gasteiger partial charge in [-0.2, -0.15) is 0 Å². The number of anilines is 2. The SMILES string of the molecule is CCOc1ccc(NC(=O)c2cc(C)ccc2N)cc1. The Bertz CT molecular complexity index is 606. The van der Waals surface area contributed by atoms with E-state index in [1.807, 2.05) is 32.0 Å². The summed E-state index contributed by atoms with van der Waals surface area (Å²) in [6.45, 7) is 4.47. The normalized spacial score (nSPS) is 10.1. The summed E-state index contributed by atoms with van der Waals surface area (Å²) in [5, 5.41) is 2.82. The van der Waals surface area contributed by atoms with Crippen molar-refractivity contribution in [3.8, 4) is 5.75 Å². The van der Waals surface area contributed by atoms with Gasteiger partial charge in [-0.25, -0.2) is 0 Å². The average molecular weight is 270 g/mol. The van der Waals surface area contributed by atoms with E-state index in [1.165, 1.54) is 0 Å². The second-order valence-electron chi connectivity index (χ2n) is 4.50. The Hall–Kier alpha value is -2.49. The van der Waals surface area contributed by atoms with Crippen LogP contribution in [0.4, 0.5) is 11.4 Å². The standard InChI is InChI=1S/C16H18N2O2/c1-3-20-13-7-5-12(6-8-13)18-16(19)14-10-11(2)4-9-15(14)17/h4-10H,3,17H2,1-2H3,(H,18,19). The Morgan fingerprint density at radius 2 is 1.90 bits per heavy atom. The van der Waals surface area contributed by atoms with Gasteiger partial charge in [0.25, 0.3) is 5.91 Å². The highest BCUT2D eigenvalue weighted by Crippen LogP contribution is 2.19. The number of benzene rings is 2. The number of nitrogens with one attached hydrogen (secondary N) is 1. The first-order valence-electron chi connectivity index (χ1n) is 6.50. The molecule has 3 N–H and O–H groups in total. The minimum Gasteiger partial charge on any atom is -0.494 e. The van der Waals surface area contributed by atoms with E-state index in [4.69, 9.17) is 10.5 Å². The molecule has 104 valence electrons. The van der Waals surface area contributed by atoms with E-state index in [-0.39, 0.29) is 5.91 Å². The van der Waals surface area contributed by atoms with Crippen LogP contribution >= 0.6 is 0 Å². The van der Waals surface area contributed by atoms with Gasteiger partial charge in [-0.05, 0) is 50.2 Å². The molecule has 4 nitrogen and oxygen atoms in total. The van der Waals surface area contributed by atoms with Gasteiger partial charge in [0.1, 0.15) is 5.75 Å². The Balaban J connectivity index is 2.13. The first kappa shape index (κ1) is 13.9. The molecular weight excluding hydrogens is 252 g/mol. The van der Waals surface area contributed by atoms with Crippen molar-refractivity contribution in [1.82, 2.24) is 0 Å². The maximum Gasteiger partial charge on any atom is 0.257 e. The van der Waals surface area contributed by atoms with Gasteiger partial charge in [0.2, 0.25) is 0 Å². The average Bonchev–Trinajstić information content (AvgIpc) is 2.44. The van der Waals surface area contributed by atoms with Crippen LogP contribution in [0.5, 0.6) is 5.75 Å². The summed E-state index contributed by atoms with van der Waals surface area (Å²) in [7, 11) is 0. The summed E-state index contributed by atoms with van der Waals surface area (Å²) in [6, 6.07) is 12.6. The van der Waals surface area contributed by atoms with Crippen LogP contribution < -0.4 is 15.8 Å². The highest BCUT2D eigenvalue weighted by Gasteiger charge is 2.10. The van der Waals surface area contributed by atoms with Crippen molar-refractivity contribution in [3.63, 3.8) is 0 Å². The number of ether oxygens (including phenoxy) is 1. The van der Waals surface area contributed by atoms with Crippen molar-refractivity contribution in [2.75, 3.05) is 17.7 Å². The molecule has 1 amide bonds. The number of aryl methyl sites for hydroxylation is 1. The van der Waals surface area contributed by atoms with E-state index < -0.39 is 0 Å². The molecule has 0 radical (unpaired) electrons. The van der Waals surface area contributed by atoms with Crippen molar-refractivity contribution in [3.05, 3.63) is 53.6 Å². The minimum absolute atomic E-state index is 0.213. The Labute approximate surface area is 118 Å². The molecule has 0 heterocycles. The zero-order valence-corrected chi connectivity index (χ0v) is 11.6. The second kappa shape index (κ2) is 6.10. The maximum absolute atomic E-state index is 12.2. The molecule has 0 aliphatic heterocycles. The minimum atomic E-state index is -0.213. The van der Waals surface area contributed by atoms with Gasteiger partial charge in [0.15, 0.2) is 0 Å². The summed E-state index contributed by atoms with van der Waals surface area (Å²) < 4.78 is 5.35. The summed E-state index contributed by atoms with van der Waals surface area (Å²) in [4.78, 5) is 12.2. The Kier molecular flexibility index (Phi) is 4.25. The molecule has 0 saturated heterocycles. The van der Waals surface area contributed by atoms with Gasteiger partial charge in [0, 0.05) is 11.4 Å². The lowest BCUT2D eigenvalue weighted by Gasteiger charge is -2.09. The highest BCUT2D eigenvalue weighted by atomic mass is 16.5. The summed E-state index contributed by atoms with van der Waals surface area (Å²) in [6.07, 6.45) is 0. The Morgan fingerprint density at radius 3 is 2.55 bits per heavy atom. The molecule has 4 heteroatoms. The zero-order chi connectivity index (χ0) is 14.5. The van der Waals surface area contributed by atoms with E-state index >= 15 is 0 Å². The van der Waals surface area contributed by atoms with Gasteiger partial charge < -0.3 is 15.8 Å². The lowest BCUT2D eigenvalue weighted by Crippen LogP contribution is -2.14. The molecule has 2 rings (SSSR count). The van der Waals surface area contributed by atoms with Crippen molar-refractivity contribution >= 4 is 17.3 Å². The number of amides is 1. The number of carbonyl (C=O) groups excluding carboxylic acids is 1. The summed E-state index contributed by atoms with van der Waals surface area (Å²) in [5.41, 5.74) is 8.49. The van der Waals surface area contributed by atoms with Gasteiger partial charge in [0.05, 0.1) is 12.2 Å². The molecule has 0 saturated carbocycles. The topological polar surface area (TPSA) is 64.3 Å². The van der Waals surface area contributed by atoms with Crippen molar-refractivity contribution in [1.29, 1.82) is 0 Å². The van der Waals surface area contributed by atoms with Gasteiger partial charge in [-0.3, -0.25) is 4.79 Å². The lowest BCUT2D eigenvalue weighted by atomic mass is 10.1. The smallest absolute Gasteiger partial charge is 0.257 e. The molecule has 0 fully saturated rings. The first-order valence-corrected chi connectivity index (χ1v) is 6.50. The van der Waals surface area contributed by atoms with E-state index in [1.54, 1.807) is 24.3 Å². The van der Waals surface area contributed by atoms with Crippen LogP contribution in [0.15, 0.2) is 42.5 Å². The molecule has 0 unspecified atom stereocenters. The molecule has 0 bridgehead atoms. The molecule has 0 aliphatic rings. The number of carbonyl (C=O) groups is 1. The van der Waals surface area contributed by atoms with Crippen molar-refractivity contribution < 1.29 is 9.53 Å². The quantitative estimate of drug-likeness (QED) is 0.838. The molecule has 20 heavy (non-hydrogen) atoms. The number of hydrogen-bond acceptors (Lipinski definition) is 3. The number of hydrogen-bond donors (Lipinski definition) is 2. The van der Waals surface area contributed by atoms with Crippen molar-refractivity contribution in [2.45, 2.75) is 13.8 Å².